The standard InChI is InChI=1S/C21H21ClF3NO6S2.2C21H22ClF2NO6S2.C20H20ClF2NO6S2/c1-12(23)34(29,30)26-10-18-15-11-32-20-17(25)7-6-16(24)19(20)21(15,8-9-31-18)33(27,28)14-4-2-13(22)3-5-14;2*1-2-32(26,27)25-11-18-15-12-31-20-17(24)8-7-16(23)19(20)21(15,9-10-30-18)33(28,29)14-5-3-13(22)4-6-14;1-31(25,26)24-10-17-14-11-30-19-16(23)7-6-15(22)18(19)20(14,8-9-29-17)32(27,28)13-4-2-12(21)3-5-13/h2-7,12,15,18,26H,8-11H2,1H3;2*3-8,15,18,25H,2,9-12H2,1H3;2-7,14,17,24H,8-11H2,1H3/t12?,15-,18-,21-;2*15-,18-,21-;14-,17-,20-/m0000/s1. The summed E-state index contributed by atoms with van der Waals surface area (Å²) in [6, 6.07) is 28.3. The third-order valence-electron chi connectivity index (χ3n) is 24.6. The molecule has 1 unspecified atom stereocenters. The van der Waals surface area contributed by atoms with Crippen LogP contribution in [0.1, 0.15) is 68.7 Å². The van der Waals surface area contributed by atoms with Crippen molar-refractivity contribution >= 4 is 126 Å². The van der Waals surface area contributed by atoms with Gasteiger partial charge < -0.3 is 37.9 Å². The van der Waals surface area contributed by atoms with Crippen molar-refractivity contribution in [3.05, 3.63) is 234 Å². The molecular formula is C83H85Cl4F9N4O24S8. The molecule has 0 aliphatic carbocycles. The first-order chi connectivity index (χ1) is 61.9. The highest BCUT2D eigenvalue weighted by Crippen LogP contribution is 2.61. The molecule has 28 nitrogen and oxygen atoms in total. The molecule has 4 saturated heterocycles. The second-order valence-electron chi connectivity index (χ2n) is 31.7. The highest BCUT2D eigenvalue weighted by Gasteiger charge is 2.67. The summed E-state index contributed by atoms with van der Waals surface area (Å²) in [4.78, 5) is -0.552. The molecule has 16 rings (SSSR count). The fourth-order valence-corrected chi connectivity index (χ4v) is 30.4. The van der Waals surface area contributed by atoms with Gasteiger partial charge in [-0.25, -0.2) is 126 Å². The van der Waals surface area contributed by atoms with Gasteiger partial charge in [-0.05, 0) is 192 Å². The van der Waals surface area contributed by atoms with Crippen LogP contribution in [0.3, 0.4) is 0 Å². The minimum absolute atomic E-state index is 0.114. The van der Waals surface area contributed by atoms with Crippen LogP contribution in [0.15, 0.2) is 165 Å². The topological polar surface area (TPSA) is 395 Å². The van der Waals surface area contributed by atoms with Crippen molar-refractivity contribution in [3.8, 4) is 23.0 Å². The van der Waals surface area contributed by atoms with Crippen molar-refractivity contribution in [2.24, 2.45) is 23.7 Å². The number of rotatable bonds is 23. The molecule has 0 saturated carbocycles. The Labute approximate surface area is 776 Å². The Hall–Kier alpha value is -7.23. The molecule has 720 valence electrons. The number of halogens is 13. The molecule has 0 aromatic heterocycles. The highest BCUT2D eigenvalue weighted by molar-refractivity contribution is 7.93. The minimum atomic E-state index is -4.43. The number of nitrogens with one attached hydrogen (secondary N) is 4. The molecule has 4 fully saturated rings. The van der Waals surface area contributed by atoms with E-state index >= 15 is 17.6 Å². The first-order valence-electron chi connectivity index (χ1n) is 40.4. The molecular weight excluding hydrogens is 2010 g/mol. The molecule has 4 N–H and O–H groups in total. The maximum atomic E-state index is 15.3. The van der Waals surface area contributed by atoms with Crippen molar-refractivity contribution in [3.63, 3.8) is 0 Å². The van der Waals surface area contributed by atoms with Gasteiger partial charge in [-0.1, -0.05) is 46.4 Å². The fraction of sp³-hybridized carbons (Fsp3) is 0.422. The second-order valence-corrected chi connectivity index (χ2v) is 50.3. The minimum Gasteiger partial charge on any atom is -0.490 e. The van der Waals surface area contributed by atoms with Crippen LogP contribution < -0.4 is 37.8 Å². The average Bonchev–Trinajstić information content (AvgIpc) is 0.711. The predicted molar refractivity (Wildman–Crippen MR) is 465 cm³/mol. The van der Waals surface area contributed by atoms with Crippen LogP contribution in [0.5, 0.6) is 23.0 Å². The smallest absolute Gasteiger partial charge is 0.243 e. The fourth-order valence-electron chi connectivity index (χ4n) is 18.2. The van der Waals surface area contributed by atoms with Crippen LogP contribution in [0.2, 0.25) is 20.1 Å². The van der Waals surface area contributed by atoms with E-state index in [1.165, 1.54) is 111 Å². The lowest BCUT2D eigenvalue weighted by molar-refractivity contribution is -0.0689. The maximum absolute atomic E-state index is 15.3. The molecule has 0 amide bonds. The third-order valence-corrected chi connectivity index (χ3v) is 40.7. The van der Waals surface area contributed by atoms with Crippen LogP contribution in [0, 0.1) is 70.2 Å². The normalized spacial score (nSPS) is 25.3. The predicted octanol–water partition coefficient (Wildman–Crippen LogP) is 12.0. The zero-order chi connectivity index (χ0) is 96.2. The van der Waals surface area contributed by atoms with Crippen molar-refractivity contribution in [1.82, 2.24) is 18.9 Å². The summed E-state index contributed by atoms with van der Waals surface area (Å²) in [5.74, 6) is -13.8. The van der Waals surface area contributed by atoms with Crippen molar-refractivity contribution < 1.29 is 145 Å². The Kier molecular flexibility index (Phi) is 30.5. The average molecular weight is 2090 g/mol. The Morgan fingerprint density at radius 3 is 0.735 bits per heavy atom. The number of hydrogen-bond acceptors (Lipinski definition) is 24. The van der Waals surface area contributed by atoms with Crippen molar-refractivity contribution in [2.75, 3.05) is 96.8 Å². The Morgan fingerprint density at radius 2 is 0.530 bits per heavy atom. The molecule has 8 aliphatic rings. The number of fused-ring (bicyclic) bond motifs is 12. The van der Waals surface area contributed by atoms with Gasteiger partial charge in [0.25, 0.3) is 0 Å². The molecule has 0 spiro atoms. The molecule has 8 aromatic rings. The Morgan fingerprint density at radius 1 is 0.326 bits per heavy atom. The summed E-state index contributed by atoms with van der Waals surface area (Å²) in [5.41, 5.74) is -3.92. The maximum Gasteiger partial charge on any atom is 0.243 e. The molecule has 0 radical (unpaired) electrons. The van der Waals surface area contributed by atoms with Gasteiger partial charge in [0, 0.05) is 96.4 Å². The molecule has 8 aliphatic heterocycles. The molecule has 132 heavy (non-hydrogen) atoms. The van der Waals surface area contributed by atoms with Crippen molar-refractivity contribution in [1.29, 1.82) is 0 Å². The first-order valence-corrected chi connectivity index (χ1v) is 54.6. The van der Waals surface area contributed by atoms with E-state index in [0.717, 1.165) is 61.7 Å². The molecule has 13 atom stereocenters. The number of benzene rings is 8. The van der Waals surface area contributed by atoms with Gasteiger partial charge >= 0.3 is 0 Å². The lowest BCUT2D eigenvalue weighted by Gasteiger charge is -2.50. The van der Waals surface area contributed by atoms with Crippen LogP contribution in [0.25, 0.3) is 0 Å². The number of hydrogen-bond donors (Lipinski definition) is 4. The monoisotopic (exact) mass is 2090 g/mol. The van der Waals surface area contributed by atoms with Gasteiger partial charge in [-0.2, -0.15) is 0 Å². The van der Waals surface area contributed by atoms with E-state index in [4.69, 9.17) is 84.3 Å². The summed E-state index contributed by atoms with van der Waals surface area (Å²) in [6.45, 7) is 0.631. The van der Waals surface area contributed by atoms with E-state index in [1.807, 2.05) is 0 Å². The van der Waals surface area contributed by atoms with Gasteiger partial charge in [-0.3, -0.25) is 0 Å². The summed E-state index contributed by atoms with van der Waals surface area (Å²) >= 11 is 23.7. The zero-order valence-electron chi connectivity index (χ0n) is 69.8. The Bertz CT molecular complexity index is 6500. The SMILES string of the molecule is CC(F)S(=O)(=O)NC[C@@H]1OCC[C@@]2(S(=O)(=O)c3ccc(Cl)cc3)c3c(F)ccc(F)c3OC[C@@H]12.CCS(=O)(=O)NC[C@@H]1OCC[C@@]2(S(=O)(=O)c3ccc(Cl)cc3)c3c(F)ccc(F)c3OC[C@@H]12.CCS(=O)(=O)NC[C@@H]1OCC[C@@]2(S(=O)(=O)c3ccc(Cl)cc3)c3c(F)ccc(F)c3OC[C@@H]12.CS(=O)(=O)NC[C@@H]1OCC[C@@]2(S(=O)(=O)c3ccc(Cl)cc3)c3c(F)ccc(F)c3OC[C@@H]12. The third kappa shape index (κ3) is 19.1. The molecule has 0 bridgehead atoms. The first kappa shape index (κ1) is 102. The van der Waals surface area contributed by atoms with Crippen molar-refractivity contribution in [2.45, 2.75) is 115 Å². The van der Waals surface area contributed by atoms with E-state index < -0.39 is 257 Å². The number of sulfonamides is 4. The van der Waals surface area contributed by atoms with Crippen LogP contribution in [0.4, 0.5) is 39.5 Å². The summed E-state index contributed by atoms with van der Waals surface area (Å²) in [5, 5.41) is 1.21. The molecule has 49 heteroatoms. The van der Waals surface area contributed by atoms with Crippen LogP contribution >= 0.6 is 46.4 Å². The lowest BCUT2D eigenvalue weighted by Crippen LogP contribution is -2.59. The quantitative estimate of drug-likeness (QED) is 0.0432. The number of alkyl halides is 1. The largest absolute Gasteiger partial charge is 0.490 e. The number of ether oxygens (including phenoxy) is 8. The number of sulfone groups is 4. The molecule has 8 aromatic carbocycles. The van der Waals surface area contributed by atoms with E-state index in [9.17, 15) is 89.3 Å². The van der Waals surface area contributed by atoms with Gasteiger partial charge in [-0.15, -0.1) is 0 Å². The summed E-state index contributed by atoms with van der Waals surface area (Å²) in [6.07, 6.45) is -3.83. The van der Waals surface area contributed by atoms with Gasteiger partial charge in [0.15, 0.2) is 85.6 Å². The van der Waals surface area contributed by atoms with Crippen LogP contribution in [-0.4, -0.2) is 194 Å². The lowest BCUT2D eigenvalue weighted by atomic mass is 9.76. The van der Waals surface area contributed by atoms with E-state index in [0.29, 0.717) is 15.1 Å². The van der Waals surface area contributed by atoms with Crippen LogP contribution in [-0.2, 0) is 117 Å². The van der Waals surface area contributed by atoms with Gasteiger partial charge in [0.1, 0.15) is 42.3 Å². The van der Waals surface area contributed by atoms with E-state index in [1.54, 1.807) is 0 Å². The highest BCUT2D eigenvalue weighted by atomic mass is 35.5. The van der Waals surface area contributed by atoms with E-state index in [2.05, 4.69) is 18.9 Å². The van der Waals surface area contributed by atoms with Gasteiger partial charge in [0.2, 0.25) is 45.6 Å². The Balaban J connectivity index is 0.000000150. The molecule has 8 heterocycles. The summed E-state index contributed by atoms with van der Waals surface area (Å²) < 4.78 is 387. The second kappa shape index (κ2) is 39.3. The summed E-state index contributed by atoms with van der Waals surface area (Å²) in [7, 11) is -32.7. The zero-order valence-corrected chi connectivity index (χ0v) is 79.3. The van der Waals surface area contributed by atoms with E-state index in [-0.39, 0.29) is 128 Å². The van der Waals surface area contributed by atoms with Gasteiger partial charge in [0.05, 0.1) is 110 Å².